The summed E-state index contributed by atoms with van der Waals surface area (Å²) in [4.78, 5) is 7.03. The van der Waals surface area contributed by atoms with Crippen molar-refractivity contribution in [3.05, 3.63) is 79.0 Å². The minimum absolute atomic E-state index is 1.09. The molecule has 3 aromatic heterocycles. The Hall–Kier alpha value is -3.85. The topological polar surface area (TPSA) is 20.5 Å². The molecule has 0 aliphatic rings. The Morgan fingerprint density at radius 2 is 1.47 bits per heavy atom. The molecule has 0 saturated heterocycles. The van der Waals surface area contributed by atoms with E-state index >= 15 is 0 Å². The van der Waals surface area contributed by atoms with Crippen molar-refractivity contribution in [1.29, 1.82) is 0 Å². The Kier molecular flexibility index (Phi) is 2.88. The molecule has 0 amide bonds. The van der Waals surface area contributed by atoms with Crippen LogP contribution in [-0.4, -0.2) is 23.5 Å². The van der Waals surface area contributed by atoms with E-state index in [0.29, 0.717) is 0 Å². The van der Waals surface area contributed by atoms with Gasteiger partial charge in [0, 0.05) is 47.5 Å². The Morgan fingerprint density at radius 1 is 0.700 bits per heavy atom. The van der Waals surface area contributed by atoms with Crippen LogP contribution in [0.5, 0.6) is 0 Å². The summed E-state index contributed by atoms with van der Waals surface area (Å²) in [6.07, 6.45) is 1.94. The van der Waals surface area contributed by atoms with E-state index in [9.17, 15) is 0 Å². The highest BCUT2D eigenvalue weighted by Gasteiger charge is 2.19. The summed E-state index contributed by atoms with van der Waals surface area (Å²) in [5.41, 5.74) is 6.02. The number of rotatable bonds is 1. The third-order valence-electron chi connectivity index (χ3n) is 6.52. The fraction of sp³-hybridized carbons (Fsp3) is 0.0741. The van der Waals surface area contributed by atoms with Crippen LogP contribution >= 0.6 is 0 Å². The van der Waals surface area contributed by atoms with E-state index in [1.807, 2.05) is 6.20 Å². The molecule has 0 saturated carbocycles. The van der Waals surface area contributed by atoms with E-state index in [-0.39, 0.29) is 0 Å². The van der Waals surface area contributed by atoms with Gasteiger partial charge in [-0.3, -0.25) is 4.98 Å². The highest BCUT2D eigenvalue weighted by Crippen LogP contribution is 2.41. The maximum Gasteiger partial charge on any atom is 0.0822 e. The molecule has 142 valence electrons. The van der Waals surface area contributed by atoms with E-state index < -0.39 is 0 Å². The standard InChI is InChI=1S/C27H19N3/c1-29(2)19-8-10-20-21-9-7-16-11-12-28-26-22-13-17-5-3-4-6-18(17)14-23(22)30(24(20)15-19)27(21)25(16)26/h3-15H,1-2H3. The Bertz CT molecular complexity index is 1770. The van der Waals surface area contributed by atoms with E-state index in [1.165, 1.54) is 59.9 Å². The molecule has 0 N–H and O–H groups in total. The van der Waals surface area contributed by atoms with Crippen LogP contribution in [0.25, 0.3) is 59.8 Å². The van der Waals surface area contributed by atoms with Gasteiger partial charge in [-0.05, 0) is 46.5 Å². The Labute approximate surface area is 173 Å². The number of aromatic nitrogens is 2. The number of pyridine rings is 2. The lowest BCUT2D eigenvalue weighted by atomic mass is 10.0. The summed E-state index contributed by atoms with van der Waals surface area (Å²) < 4.78 is 2.45. The van der Waals surface area contributed by atoms with Crippen LogP contribution in [0.4, 0.5) is 5.69 Å². The number of benzene rings is 4. The fourth-order valence-corrected chi connectivity index (χ4v) is 5.09. The number of fused-ring (bicyclic) bond motifs is 7. The van der Waals surface area contributed by atoms with Gasteiger partial charge in [0.25, 0.3) is 0 Å². The first kappa shape index (κ1) is 16.0. The van der Waals surface area contributed by atoms with Crippen molar-refractivity contribution in [3.63, 3.8) is 0 Å². The molecule has 3 heterocycles. The van der Waals surface area contributed by atoms with Crippen molar-refractivity contribution in [2.75, 3.05) is 19.0 Å². The smallest absolute Gasteiger partial charge is 0.0822 e. The predicted octanol–water partition coefficient (Wildman–Crippen LogP) is 6.60. The molecule has 0 spiro atoms. The maximum absolute atomic E-state index is 4.86. The average molecular weight is 385 g/mol. The van der Waals surface area contributed by atoms with Crippen molar-refractivity contribution in [2.45, 2.75) is 0 Å². The molecule has 7 aromatic rings. The van der Waals surface area contributed by atoms with Crippen molar-refractivity contribution in [3.8, 4) is 0 Å². The zero-order valence-corrected chi connectivity index (χ0v) is 16.8. The second kappa shape index (κ2) is 5.39. The van der Waals surface area contributed by atoms with Crippen LogP contribution in [0.15, 0.2) is 79.0 Å². The van der Waals surface area contributed by atoms with E-state index in [4.69, 9.17) is 4.98 Å². The first-order valence-corrected chi connectivity index (χ1v) is 10.3. The molecule has 0 fully saturated rings. The van der Waals surface area contributed by atoms with Gasteiger partial charge >= 0.3 is 0 Å². The van der Waals surface area contributed by atoms with Gasteiger partial charge < -0.3 is 9.30 Å². The SMILES string of the molecule is CN(C)c1ccc2c3ccc4ccnc5c6cc7ccccc7cc6n(c2c1)c3c45. The molecule has 0 atom stereocenters. The van der Waals surface area contributed by atoms with Gasteiger partial charge in [0.1, 0.15) is 0 Å². The molecule has 0 aliphatic carbocycles. The molecule has 0 unspecified atom stereocenters. The van der Waals surface area contributed by atoms with Crippen LogP contribution < -0.4 is 4.90 Å². The highest BCUT2D eigenvalue weighted by atomic mass is 15.1. The van der Waals surface area contributed by atoms with E-state index in [0.717, 1.165) is 5.52 Å². The second-order valence-corrected chi connectivity index (χ2v) is 8.37. The largest absolute Gasteiger partial charge is 0.378 e. The quantitative estimate of drug-likeness (QED) is 0.234. The fourth-order valence-electron chi connectivity index (χ4n) is 5.09. The lowest BCUT2D eigenvalue weighted by Gasteiger charge is -2.14. The predicted molar refractivity (Wildman–Crippen MR) is 128 cm³/mol. The van der Waals surface area contributed by atoms with Gasteiger partial charge in [-0.1, -0.05) is 42.5 Å². The van der Waals surface area contributed by atoms with Crippen LogP contribution in [0, 0.1) is 0 Å². The molecule has 30 heavy (non-hydrogen) atoms. The first-order chi connectivity index (χ1) is 14.7. The second-order valence-electron chi connectivity index (χ2n) is 8.37. The van der Waals surface area contributed by atoms with Crippen molar-refractivity contribution < 1.29 is 0 Å². The van der Waals surface area contributed by atoms with Crippen LogP contribution in [0.3, 0.4) is 0 Å². The Balaban J connectivity index is 1.87. The maximum atomic E-state index is 4.86. The minimum Gasteiger partial charge on any atom is -0.378 e. The normalized spacial score (nSPS) is 12.3. The molecule has 7 rings (SSSR count). The van der Waals surface area contributed by atoms with E-state index in [1.54, 1.807) is 0 Å². The van der Waals surface area contributed by atoms with E-state index in [2.05, 4.69) is 96.2 Å². The summed E-state index contributed by atoms with van der Waals surface area (Å²) in [6.45, 7) is 0. The minimum atomic E-state index is 1.09. The van der Waals surface area contributed by atoms with Crippen molar-refractivity contribution in [2.24, 2.45) is 0 Å². The summed E-state index contributed by atoms with van der Waals surface area (Å²) in [7, 11) is 4.19. The average Bonchev–Trinajstić information content (AvgIpc) is 3.12. The van der Waals surface area contributed by atoms with Gasteiger partial charge in [-0.15, -0.1) is 0 Å². The third-order valence-corrected chi connectivity index (χ3v) is 6.52. The summed E-state index contributed by atoms with van der Waals surface area (Å²) in [6, 6.07) is 26.6. The zero-order chi connectivity index (χ0) is 20.0. The van der Waals surface area contributed by atoms with Crippen molar-refractivity contribution >= 4 is 65.5 Å². The third kappa shape index (κ3) is 1.87. The lowest BCUT2D eigenvalue weighted by Crippen LogP contribution is -2.08. The molecule has 0 bridgehead atoms. The molecule has 3 heteroatoms. The van der Waals surface area contributed by atoms with Crippen LogP contribution in [-0.2, 0) is 0 Å². The monoisotopic (exact) mass is 385 g/mol. The zero-order valence-electron chi connectivity index (χ0n) is 16.8. The molecule has 0 radical (unpaired) electrons. The summed E-state index contributed by atoms with van der Waals surface area (Å²) >= 11 is 0. The summed E-state index contributed by atoms with van der Waals surface area (Å²) in [5.74, 6) is 0. The van der Waals surface area contributed by atoms with Crippen LogP contribution in [0.1, 0.15) is 0 Å². The van der Waals surface area contributed by atoms with Crippen LogP contribution in [0.2, 0.25) is 0 Å². The lowest BCUT2D eigenvalue weighted by molar-refractivity contribution is 1.13. The van der Waals surface area contributed by atoms with Gasteiger partial charge in [0.2, 0.25) is 0 Å². The molecule has 0 aliphatic heterocycles. The van der Waals surface area contributed by atoms with Gasteiger partial charge in [-0.25, -0.2) is 0 Å². The molecule has 3 nitrogen and oxygen atoms in total. The van der Waals surface area contributed by atoms with Gasteiger partial charge in [0.05, 0.1) is 22.1 Å². The molecular weight excluding hydrogens is 366 g/mol. The summed E-state index contributed by atoms with van der Waals surface area (Å²) in [5, 5.41) is 8.76. The number of hydrogen-bond acceptors (Lipinski definition) is 2. The highest BCUT2D eigenvalue weighted by molar-refractivity contribution is 6.28. The Morgan fingerprint density at radius 3 is 2.30 bits per heavy atom. The first-order valence-electron chi connectivity index (χ1n) is 10.3. The van der Waals surface area contributed by atoms with Crippen molar-refractivity contribution in [1.82, 2.24) is 9.38 Å². The van der Waals surface area contributed by atoms with Gasteiger partial charge in [0.15, 0.2) is 0 Å². The number of anilines is 1. The number of hydrogen-bond donors (Lipinski definition) is 0. The molecule has 4 aromatic carbocycles. The van der Waals surface area contributed by atoms with Gasteiger partial charge in [-0.2, -0.15) is 0 Å². The molecular formula is C27H19N3. The number of nitrogens with zero attached hydrogens (tertiary/aromatic N) is 3.